The number of amides is 1. The zero-order chi connectivity index (χ0) is 24.3. The number of carboxylic acids is 1. The first kappa shape index (κ1) is 23.8. The molecule has 4 aliphatic carbocycles. The van der Waals surface area contributed by atoms with Crippen molar-refractivity contribution in [3.05, 3.63) is 11.6 Å². The average Bonchev–Trinajstić information content (AvgIpc) is 3.33. The van der Waals surface area contributed by atoms with Gasteiger partial charge >= 0.3 is 5.97 Å². The number of fused-ring (bicyclic) bond motifs is 5. The lowest BCUT2D eigenvalue weighted by molar-refractivity contribution is -0.150. The number of hydrogen-bond acceptors (Lipinski definition) is 6. The van der Waals surface area contributed by atoms with Gasteiger partial charge in [0.1, 0.15) is 6.04 Å². The van der Waals surface area contributed by atoms with Crippen LogP contribution in [0.2, 0.25) is 0 Å². The lowest BCUT2D eigenvalue weighted by Gasteiger charge is -2.57. The standard InChI is InChI=1S/C26H38N2O6/c1-25-9-7-16(27-34-14-23(31)28-13-17(29)12-21(28)24(32)33)11-15(25)3-4-18-19-5-6-22(30)26(19,2)10-8-20(18)25/h11,17-22,29-30H,3-10,12-14H2,1-2H3,(H,32,33)/b27-16+/t17-,18+,19+,20+,21-,22-,25+,26+/m1/s1. The smallest absolute Gasteiger partial charge is 0.326 e. The van der Waals surface area contributed by atoms with Crippen molar-refractivity contribution in [2.24, 2.45) is 33.7 Å². The van der Waals surface area contributed by atoms with E-state index in [1.807, 2.05) is 0 Å². The summed E-state index contributed by atoms with van der Waals surface area (Å²) in [5.41, 5.74) is 2.52. The fraction of sp³-hybridized carbons (Fsp3) is 0.808. The van der Waals surface area contributed by atoms with Crippen LogP contribution >= 0.6 is 0 Å². The Kier molecular flexibility index (Phi) is 6.04. The summed E-state index contributed by atoms with van der Waals surface area (Å²) in [6.07, 6.45) is 9.64. The molecule has 8 atom stereocenters. The molecule has 1 amide bonds. The van der Waals surface area contributed by atoms with Gasteiger partial charge in [-0.25, -0.2) is 4.79 Å². The van der Waals surface area contributed by atoms with E-state index in [1.54, 1.807) is 0 Å². The summed E-state index contributed by atoms with van der Waals surface area (Å²) in [4.78, 5) is 30.3. The van der Waals surface area contributed by atoms with E-state index in [-0.39, 0.29) is 36.5 Å². The SMILES string of the molecule is C[C@]12CC[C@H]3[C@@H](CCC4=C/C(=N/OCC(=O)N5C[C@H](O)C[C@@H]5C(=O)O)CC[C@@]43C)[C@@H]1CC[C@H]2O. The number of aliphatic hydroxyl groups is 2. The van der Waals surface area contributed by atoms with Gasteiger partial charge in [0.2, 0.25) is 0 Å². The lowest BCUT2D eigenvalue weighted by Crippen LogP contribution is -2.51. The third-order valence-electron chi connectivity index (χ3n) is 10.2. The van der Waals surface area contributed by atoms with Crippen LogP contribution < -0.4 is 0 Å². The predicted octanol–water partition coefficient (Wildman–Crippen LogP) is 2.73. The van der Waals surface area contributed by atoms with E-state index in [0.29, 0.717) is 17.8 Å². The van der Waals surface area contributed by atoms with Crippen LogP contribution in [0.25, 0.3) is 0 Å². The Balaban J connectivity index is 1.24. The number of β-amino-alcohol motifs (C(OH)–C–C–N with tert-alkyl or cyclic N) is 1. The number of carboxylic acid groups (broad SMARTS) is 1. The molecule has 0 aromatic carbocycles. The molecule has 0 spiro atoms. The first-order valence-electron chi connectivity index (χ1n) is 12.9. The maximum Gasteiger partial charge on any atom is 0.326 e. The van der Waals surface area contributed by atoms with E-state index in [0.717, 1.165) is 44.2 Å². The largest absolute Gasteiger partial charge is 0.480 e. The number of allylic oxidation sites excluding steroid dienone is 2. The molecule has 3 saturated carbocycles. The van der Waals surface area contributed by atoms with E-state index in [2.05, 4.69) is 25.1 Å². The van der Waals surface area contributed by atoms with Crippen LogP contribution in [0.1, 0.15) is 71.6 Å². The Morgan fingerprint density at radius 2 is 1.91 bits per heavy atom. The first-order chi connectivity index (χ1) is 16.1. The van der Waals surface area contributed by atoms with Crippen LogP contribution in [0, 0.1) is 28.6 Å². The van der Waals surface area contributed by atoms with Crippen molar-refractivity contribution >= 4 is 17.6 Å². The van der Waals surface area contributed by atoms with Gasteiger partial charge < -0.3 is 25.1 Å². The molecule has 4 fully saturated rings. The summed E-state index contributed by atoms with van der Waals surface area (Å²) >= 11 is 0. The van der Waals surface area contributed by atoms with Gasteiger partial charge in [-0.05, 0) is 86.0 Å². The third kappa shape index (κ3) is 3.77. The van der Waals surface area contributed by atoms with Gasteiger partial charge in [0.05, 0.1) is 17.9 Å². The van der Waals surface area contributed by atoms with Crippen molar-refractivity contribution in [2.45, 2.75) is 89.9 Å². The molecule has 8 nitrogen and oxygen atoms in total. The summed E-state index contributed by atoms with van der Waals surface area (Å²) < 4.78 is 0. The minimum Gasteiger partial charge on any atom is -0.480 e. The number of hydrogen-bond donors (Lipinski definition) is 3. The molecule has 0 aromatic heterocycles. The van der Waals surface area contributed by atoms with Gasteiger partial charge in [0.25, 0.3) is 5.91 Å². The van der Waals surface area contributed by atoms with Crippen molar-refractivity contribution in [3.8, 4) is 0 Å². The summed E-state index contributed by atoms with van der Waals surface area (Å²) in [6, 6.07) is -1.01. The molecule has 1 aliphatic heterocycles. The van der Waals surface area contributed by atoms with E-state index >= 15 is 0 Å². The Morgan fingerprint density at radius 3 is 2.68 bits per heavy atom. The molecule has 0 radical (unpaired) electrons. The average molecular weight is 475 g/mol. The van der Waals surface area contributed by atoms with Gasteiger partial charge in [-0.1, -0.05) is 24.6 Å². The molecular weight excluding hydrogens is 436 g/mol. The zero-order valence-corrected chi connectivity index (χ0v) is 20.3. The fourth-order valence-corrected chi connectivity index (χ4v) is 8.19. The van der Waals surface area contributed by atoms with Crippen LogP contribution in [0.5, 0.6) is 0 Å². The number of oxime groups is 1. The zero-order valence-electron chi connectivity index (χ0n) is 20.3. The topological polar surface area (TPSA) is 120 Å². The Hall–Kier alpha value is -1.93. The number of carbonyl (C=O) groups is 2. The minimum absolute atomic E-state index is 0.0117. The highest BCUT2D eigenvalue weighted by Crippen LogP contribution is 2.65. The van der Waals surface area contributed by atoms with Crippen molar-refractivity contribution in [3.63, 3.8) is 0 Å². The highest BCUT2D eigenvalue weighted by Gasteiger charge is 2.58. The van der Waals surface area contributed by atoms with Crippen LogP contribution in [0.15, 0.2) is 16.8 Å². The normalized spacial score (nSPS) is 44.8. The van der Waals surface area contributed by atoms with Gasteiger partial charge in [-0.2, -0.15) is 0 Å². The second-order valence-electron chi connectivity index (χ2n) is 11.8. The molecule has 0 aromatic rings. The van der Waals surface area contributed by atoms with Crippen molar-refractivity contribution in [2.75, 3.05) is 13.2 Å². The number of carbonyl (C=O) groups excluding carboxylic acids is 1. The molecule has 1 heterocycles. The molecule has 34 heavy (non-hydrogen) atoms. The van der Waals surface area contributed by atoms with Crippen LogP contribution in [-0.4, -0.2) is 69.2 Å². The molecule has 3 N–H and O–H groups in total. The molecular formula is C26H38N2O6. The molecule has 0 unspecified atom stereocenters. The van der Waals surface area contributed by atoms with Gasteiger partial charge in [0, 0.05) is 13.0 Å². The van der Waals surface area contributed by atoms with Crippen LogP contribution in [-0.2, 0) is 14.4 Å². The molecule has 0 bridgehead atoms. The number of likely N-dealkylation sites (tertiary alicyclic amines) is 1. The van der Waals surface area contributed by atoms with Gasteiger partial charge in [-0.15, -0.1) is 0 Å². The summed E-state index contributed by atoms with van der Waals surface area (Å²) in [5.74, 6) is 0.380. The fourth-order valence-electron chi connectivity index (χ4n) is 8.19. The first-order valence-corrected chi connectivity index (χ1v) is 12.9. The Labute approximate surface area is 201 Å². The van der Waals surface area contributed by atoms with Crippen molar-refractivity contribution < 1.29 is 29.7 Å². The van der Waals surface area contributed by atoms with E-state index in [9.17, 15) is 24.9 Å². The molecule has 5 aliphatic rings. The van der Waals surface area contributed by atoms with Gasteiger partial charge in [0.15, 0.2) is 6.61 Å². The van der Waals surface area contributed by atoms with E-state index in [4.69, 9.17) is 4.84 Å². The van der Waals surface area contributed by atoms with Crippen LogP contribution in [0.3, 0.4) is 0 Å². The minimum atomic E-state index is -1.11. The highest BCUT2D eigenvalue weighted by atomic mass is 16.6. The molecule has 8 heteroatoms. The number of aliphatic hydroxyl groups excluding tert-OH is 2. The third-order valence-corrected chi connectivity index (χ3v) is 10.2. The predicted molar refractivity (Wildman–Crippen MR) is 125 cm³/mol. The van der Waals surface area contributed by atoms with E-state index in [1.165, 1.54) is 23.3 Å². The second-order valence-corrected chi connectivity index (χ2v) is 11.8. The monoisotopic (exact) mass is 474 g/mol. The quantitative estimate of drug-likeness (QED) is 0.539. The second kappa shape index (κ2) is 8.63. The van der Waals surface area contributed by atoms with Crippen molar-refractivity contribution in [1.82, 2.24) is 4.90 Å². The van der Waals surface area contributed by atoms with Crippen LogP contribution in [0.4, 0.5) is 0 Å². The maximum absolute atomic E-state index is 12.4. The summed E-state index contributed by atoms with van der Waals surface area (Å²) in [6.45, 7) is 4.41. The summed E-state index contributed by atoms with van der Waals surface area (Å²) in [7, 11) is 0. The highest BCUT2D eigenvalue weighted by molar-refractivity contribution is 5.96. The van der Waals surface area contributed by atoms with E-state index < -0.39 is 24.0 Å². The maximum atomic E-state index is 12.4. The lowest BCUT2D eigenvalue weighted by atomic mass is 9.47. The van der Waals surface area contributed by atoms with Gasteiger partial charge in [-0.3, -0.25) is 4.79 Å². The Bertz CT molecular complexity index is 917. The Morgan fingerprint density at radius 1 is 1.12 bits per heavy atom. The molecule has 5 rings (SSSR count). The summed E-state index contributed by atoms with van der Waals surface area (Å²) in [5, 5.41) is 33.9. The molecule has 188 valence electrons. The number of nitrogens with zero attached hydrogens (tertiary/aromatic N) is 2. The molecule has 1 saturated heterocycles. The number of rotatable bonds is 4. The van der Waals surface area contributed by atoms with Crippen molar-refractivity contribution in [1.29, 1.82) is 0 Å². The number of aliphatic carboxylic acids is 1.